The quantitative estimate of drug-likeness (QED) is 0.694. The van der Waals surface area contributed by atoms with Crippen molar-refractivity contribution in [3.63, 3.8) is 0 Å². The average molecular weight is 486 g/mol. The number of benzene rings is 2. The summed E-state index contributed by atoms with van der Waals surface area (Å²) in [5, 5.41) is 10.5. The predicted molar refractivity (Wildman–Crippen MR) is 119 cm³/mol. The first kappa shape index (κ1) is 24.8. The summed E-state index contributed by atoms with van der Waals surface area (Å²) in [5.74, 6) is -2.76. The second-order valence-electron chi connectivity index (χ2n) is 7.82. The van der Waals surface area contributed by atoms with Gasteiger partial charge >= 0.3 is 12.1 Å². The van der Waals surface area contributed by atoms with Gasteiger partial charge in [-0.05, 0) is 49.6 Å². The van der Waals surface area contributed by atoms with Gasteiger partial charge in [-0.25, -0.2) is 13.2 Å². The molecular formula is C22H26F3N3O4S. The standard InChI is InChI=1S/C20H25N3O2S.C2HF3O2/c1-16-10-11-18-19(22-14-12-21-13-15-22)8-5-9-20(18)23(16)26(24,25)17-6-3-2-4-7-17;3-2(4,5)1(6)7/h2-9,16,21H,10-15H2,1H3;(H,6,7). The van der Waals surface area contributed by atoms with Crippen LogP contribution in [0.2, 0.25) is 0 Å². The topological polar surface area (TPSA) is 90.0 Å². The predicted octanol–water partition coefficient (Wildman–Crippen LogP) is 3.26. The number of nitrogens with one attached hydrogen (secondary N) is 1. The molecule has 1 atom stereocenters. The lowest BCUT2D eigenvalue weighted by Gasteiger charge is -2.39. The molecule has 0 radical (unpaired) electrons. The Balaban J connectivity index is 0.000000383. The third-order valence-corrected chi connectivity index (χ3v) is 7.52. The van der Waals surface area contributed by atoms with E-state index in [2.05, 4.69) is 16.3 Å². The summed E-state index contributed by atoms with van der Waals surface area (Å²) in [6, 6.07) is 14.8. The molecule has 33 heavy (non-hydrogen) atoms. The number of halogens is 3. The highest BCUT2D eigenvalue weighted by Gasteiger charge is 2.38. The van der Waals surface area contributed by atoms with Gasteiger partial charge in [0.25, 0.3) is 10.0 Å². The molecule has 2 heterocycles. The van der Waals surface area contributed by atoms with E-state index in [1.165, 1.54) is 5.69 Å². The lowest BCUT2D eigenvalue weighted by Crippen LogP contribution is -2.45. The summed E-state index contributed by atoms with van der Waals surface area (Å²) >= 11 is 0. The van der Waals surface area contributed by atoms with E-state index in [1.54, 1.807) is 28.6 Å². The van der Waals surface area contributed by atoms with Gasteiger partial charge in [-0.3, -0.25) is 4.31 Å². The Morgan fingerprint density at radius 2 is 1.61 bits per heavy atom. The first-order valence-electron chi connectivity index (χ1n) is 10.5. The Bertz CT molecular complexity index is 1070. The van der Waals surface area contributed by atoms with E-state index in [0.29, 0.717) is 4.90 Å². The average Bonchev–Trinajstić information content (AvgIpc) is 2.79. The maximum absolute atomic E-state index is 13.4. The third kappa shape index (κ3) is 5.59. The number of carbonyl (C=O) groups is 1. The van der Waals surface area contributed by atoms with Crippen LogP contribution in [-0.2, 0) is 21.2 Å². The van der Waals surface area contributed by atoms with Crippen molar-refractivity contribution >= 4 is 27.4 Å². The second kappa shape index (κ2) is 10.0. The maximum atomic E-state index is 13.4. The first-order chi connectivity index (χ1) is 15.5. The Labute approximate surface area is 190 Å². The van der Waals surface area contributed by atoms with Crippen molar-refractivity contribution in [1.29, 1.82) is 0 Å². The van der Waals surface area contributed by atoms with E-state index in [4.69, 9.17) is 9.90 Å². The van der Waals surface area contributed by atoms with E-state index in [0.717, 1.165) is 50.3 Å². The number of anilines is 2. The molecule has 1 saturated heterocycles. The van der Waals surface area contributed by atoms with Gasteiger partial charge in [0.2, 0.25) is 0 Å². The number of aliphatic carboxylic acids is 1. The molecule has 1 unspecified atom stereocenters. The molecule has 0 bridgehead atoms. The van der Waals surface area contributed by atoms with Crippen molar-refractivity contribution in [3.05, 3.63) is 54.1 Å². The summed E-state index contributed by atoms with van der Waals surface area (Å²) < 4.78 is 60.1. The lowest BCUT2D eigenvalue weighted by molar-refractivity contribution is -0.192. The molecular weight excluding hydrogens is 459 g/mol. The Hall–Kier alpha value is -2.79. The van der Waals surface area contributed by atoms with E-state index in [9.17, 15) is 21.6 Å². The van der Waals surface area contributed by atoms with Crippen LogP contribution in [0, 0.1) is 0 Å². The number of nitrogens with zero attached hydrogens (tertiary/aromatic N) is 2. The van der Waals surface area contributed by atoms with Gasteiger partial charge in [0.1, 0.15) is 0 Å². The number of hydrogen-bond acceptors (Lipinski definition) is 5. The lowest BCUT2D eigenvalue weighted by atomic mass is 9.96. The van der Waals surface area contributed by atoms with Crippen LogP contribution < -0.4 is 14.5 Å². The molecule has 0 saturated carbocycles. The zero-order valence-electron chi connectivity index (χ0n) is 18.0. The summed E-state index contributed by atoms with van der Waals surface area (Å²) in [7, 11) is -3.57. The molecule has 7 nitrogen and oxygen atoms in total. The Morgan fingerprint density at radius 1 is 1.03 bits per heavy atom. The second-order valence-corrected chi connectivity index (χ2v) is 9.63. The molecule has 0 aliphatic carbocycles. The smallest absolute Gasteiger partial charge is 0.475 e. The monoisotopic (exact) mass is 485 g/mol. The van der Waals surface area contributed by atoms with E-state index >= 15 is 0 Å². The zero-order chi connectivity index (χ0) is 24.2. The summed E-state index contributed by atoms with van der Waals surface area (Å²) in [5.41, 5.74) is 3.18. The van der Waals surface area contributed by atoms with Crippen LogP contribution in [0.5, 0.6) is 0 Å². The maximum Gasteiger partial charge on any atom is 0.490 e. The highest BCUT2D eigenvalue weighted by molar-refractivity contribution is 7.92. The number of carboxylic acid groups (broad SMARTS) is 1. The number of piperazine rings is 1. The van der Waals surface area contributed by atoms with E-state index in [1.807, 2.05) is 25.1 Å². The van der Waals surface area contributed by atoms with Crippen LogP contribution >= 0.6 is 0 Å². The van der Waals surface area contributed by atoms with Crippen LogP contribution in [-0.4, -0.2) is 57.9 Å². The van der Waals surface area contributed by atoms with Crippen LogP contribution in [0.3, 0.4) is 0 Å². The highest BCUT2D eigenvalue weighted by atomic mass is 32.2. The summed E-state index contributed by atoms with van der Waals surface area (Å²) in [6.07, 6.45) is -3.33. The van der Waals surface area contributed by atoms with Crippen molar-refractivity contribution in [1.82, 2.24) is 5.32 Å². The fraction of sp³-hybridized carbons (Fsp3) is 0.409. The molecule has 1 fully saturated rings. The minimum Gasteiger partial charge on any atom is -0.475 e. The molecule has 180 valence electrons. The summed E-state index contributed by atoms with van der Waals surface area (Å²) in [4.78, 5) is 11.6. The first-order valence-corrected chi connectivity index (χ1v) is 11.9. The van der Waals surface area contributed by atoms with Gasteiger partial charge in [0, 0.05) is 37.9 Å². The minimum atomic E-state index is -5.08. The van der Waals surface area contributed by atoms with Crippen LogP contribution in [0.4, 0.5) is 24.5 Å². The van der Waals surface area contributed by atoms with Crippen LogP contribution in [0.15, 0.2) is 53.4 Å². The third-order valence-electron chi connectivity index (χ3n) is 5.58. The van der Waals surface area contributed by atoms with Crippen molar-refractivity contribution in [2.45, 2.75) is 36.9 Å². The number of hydrogen-bond donors (Lipinski definition) is 2. The number of alkyl halides is 3. The van der Waals surface area contributed by atoms with E-state index in [-0.39, 0.29) is 6.04 Å². The highest BCUT2D eigenvalue weighted by Crippen LogP contribution is 2.40. The normalized spacial score (nSPS) is 18.7. The fourth-order valence-corrected chi connectivity index (χ4v) is 5.75. The number of sulfonamides is 1. The van der Waals surface area contributed by atoms with Crippen molar-refractivity contribution in [2.24, 2.45) is 0 Å². The molecule has 0 aromatic heterocycles. The summed E-state index contributed by atoms with van der Waals surface area (Å²) in [6.45, 7) is 5.84. The number of fused-ring (bicyclic) bond motifs is 1. The van der Waals surface area contributed by atoms with Crippen molar-refractivity contribution in [3.8, 4) is 0 Å². The zero-order valence-corrected chi connectivity index (χ0v) is 18.9. The largest absolute Gasteiger partial charge is 0.490 e. The van der Waals surface area contributed by atoms with Crippen molar-refractivity contribution < 1.29 is 31.5 Å². The van der Waals surface area contributed by atoms with Gasteiger partial charge in [-0.2, -0.15) is 13.2 Å². The van der Waals surface area contributed by atoms with Gasteiger partial charge in [0.15, 0.2) is 0 Å². The number of rotatable bonds is 3. The van der Waals surface area contributed by atoms with Crippen LogP contribution in [0.1, 0.15) is 18.9 Å². The van der Waals surface area contributed by atoms with Crippen molar-refractivity contribution in [2.75, 3.05) is 35.4 Å². The molecule has 2 aromatic rings. The molecule has 0 amide bonds. The van der Waals surface area contributed by atoms with Gasteiger partial charge in [-0.15, -0.1) is 0 Å². The van der Waals surface area contributed by atoms with Crippen LogP contribution in [0.25, 0.3) is 0 Å². The molecule has 2 N–H and O–H groups in total. The molecule has 11 heteroatoms. The van der Waals surface area contributed by atoms with E-state index < -0.39 is 22.2 Å². The van der Waals surface area contributed by atoms with Gasteiger partial charge < -0.3 is 15.3 Å². The van der Waals surface area contributed by atoms with Gasteiger partial charge in [0.05, 0.1) is 10.6 Å². The Kier molecular flexibility index (Phi) is 7.53. The molecule has 2 aliphatic heterocycles. The SMILES string of the molecule is CC1CCc2c(N3CCNCC3)cccc2N1S(=O)(=O)c1ccccc1.O=C(O)C(F)(F)F. The number of carboxylic acids is 1. The molecule has 4 rings (SSSR count). The molecule has 2 aromatic carbocycles. The van der Waals surface area contributed by atoms with Gasteiger partial charge in [-0.1, -0.05) is 24.3 Å². The molecule has 0 spiro atoms. The fourth-order valence-electron chi connectivity index (χ4n) is 4.01. The molecule has 2 aliphatic rings. The minimum absolute atomic E-state index is 0.0500. The Morgan fingerprint density at radius 3 is 2.18 bits per heavy atom.